The number of piperidine rings is 1. The maximum Gasteiger partial charge on any atom is 0.0765 e. The zero-order chi connectivity index (χ0) is 19.8. The molecule has 3 saturated carbocycles. The molecule has 2 saturated heterocycles. The van der Waals surface area contributed by atoms with E-state index >= 15 is 0 Å². The SMILES string of the molecule is CC1=C2C[C@H]3[C@@H](CC[C@@H]4CCCC[C@@]43C)[C@@H]2CC[C@@]2(C1)O[C@@H]1CCCN[C@H]1[C@H]2C. The first kappa shape index (κ1) is 19.4. The highest BCUT2D eigenvalue weighted by atomic mass is 16.5. The van der Waals surface area contributed by atoms with Gasteiger partial charge in [0.25, 0.3) is 0 Å². The molecule has 1 N–H and O–H groups in total. The summed E-state index contributed by atoms with van der Waals surface area (Å²) >= 11 is 0. The molecule has 0 bridgehead atoms. The van der Waals surface area contributed by atoms with E-state index in [4.69, 9.17) is 4.74 Å². The fraction of sp³-hybridized carbons (Fsp3) is 0.926. The molecule has 2 heteroatoms. The van der Waals surface area contributed by atoms with Crippen LogP contribution in [0, 0.1) is 35.0 Å². The van der Waals surface area contributed by atoms with Gasteiger partial charge in [-0.25, -0.2) is 0 Å². The van der Waals surface area contributed by atoms with Crippen LogP contribution in [-0.4, -0.2) is 24.3 Å². The number of ether oxygens (including phenoxy) is 1. The van der Waals surface area contributed by atoms with Gasteiger partial charge in [-0.05, 0) is 107 Å². The van der Waals surface area contributed by atoms with Crippen molar-refractivity contribution in [3.05, 3.63) is 11.1 Å². The van der Waals surface area contributed by atoms with Gasteiger partial charge in [-0.2, -0.15) is 0 Å². The zero-order valence-corrected chi connectivity index (χ0v) is 19.1. The Morgan fingerprint density at radius 3 is 2.76 bits per heavy atom. The maximum atomic E-state index is 6.97. The molecule has 0 aromatic rings. The van der Waals surface area contributed by atoms with Gasteiger partial charge in [0.15, 0.2) is 0 Å². The molecule has 2 nitrogen and oxygen atoms in total. The standard InChI is InChI=1S/C27H43NO/c1-17-16-27(18(2)25-24(29-27)8-6-14-28-25)13-11-20-21-10-9-19-7-4-5-12-26(19,3)23(21)15-22(17)20/h18-21,23-25,28H,4-16H2,1-3H3/t18-,19+,20+,21+,23+,24-,25+,26+,27+/m1/s1. The predicted octanol–water partition coefficient (Wildman–Crippen LogP) is 6.26. The molecule has 5 fully saturated rings. The fourth-order valence-corrected chi connectivity index (χ4v) is 9.66. The summed E-state index contributed by atoms with van der Waals surface area (Å²) in [6.45, 7) is 8.89. The van der Waals surface area contributed by atoms with E-state index in [2.05, 4.69) is 26.1 Å². The van der Waals surface area contributed by atoms with Gasteiger partial charge in [0.05, 0.1) is 11.7 Å². The predicted molar refractivity (Wildman–Crippen MR) is 119 cm³/mol. The quantitative estimate of drug-likeness (QED) is 0.487. The summed E-state index contributed by atoms with van der Waals surface area (Å²) in [6, 6.07) is 0.601. The van der Waals surface area contributed by atoms with Crippen LogP contribution in [0.1, 0.15) is 97.8 Å². The van der Waals surface area contributed by atoms with Crippen molar-refractivity contribution in [2.45, 2.75) is 116 Å². The highest BCUT2D eigenvalue weighted by molar-refractivity contribution is 5.29. The average molecular weight is 398 g/mol. The Morgan fingerprint density at radius 1 is 1.00 bits per heavy atom. The van der Waals surface area contributed by atoms with Gasteiger partial charge in [-0.3, -0.25) is 0 Å². The molecule has 0 unspecified atom stereocenters. The summed E-state index contributed by atoms with van der Waals surface area (Å²) in [5, 5.41) is 3.83. The van der Waals surface area contributed by atoms with Gasteiger partial charge >= 0.3 is 0 Å². The van der Waals surface area contributed by atoms with Crippen LogP contribution in [0.2, 0.25) is 0 Å². The van der Waals surface area contributed by atoms with Crippen molar-refractivity contribution in [2.24, 2.45) is 35.0 Å². The lowest BCUT2D eigenvalue weighted by Crippen LogP contribution is -2.46. The van der Waals surface area contributed by atoms with Crippen molar-refractivity contribution in [3.8, 4) is 0 Å². The Labute approximate surface area is 178 Å². The first-order valence-corrected chi connectivity index (χ1v) is 13.1. The van der Waals surface area contributed by atoms with Gasteiger partial charge in [0.2, 0.25) is 0 Å². The van der Waals surface area contributed by atoms with Gasteiger partial charge < -0.3 is 10.1 Å². The van der Waals surface area contributed by atoms with E-state index in [0.717, 1.165) is 23.7 Å². The fourth-order valence-electron chi connectivity index (χ4n) is 9.66. The van der Waals surface area contributed by atoms with Crippen LogP contribution in [0.15, 0.2) is 11.1 Å². The highest BCUT2D eigenvalue weighted by Gasteiger charge is 2.58. The number of rotatable bonds is 0. The molecule has 0 amide bonds. The monoisotopic (exact) mass is 397 g/mol. The summed E-state index contributed by atoms with van der Waals surface area (Å²) in [5.74, 6) is 4.53. The first-order chi connectivity index (χ1) is 14.0. The third-order valence-corrected chi connectivity index (χ3v) is 11.3. The molecular formula is C27H43NO. The lowest BCUT2D eigenvalue weighted by atomic mass is 9.52. The summed E-state index contributed by atoms with van der Waals surface area (Å²) in [4.78, 5) is 0. The Bertz CT molecular complexity index is 699. The smallest absolute Gasteiger partial charge is 0.0765 e. The molecule has 29 heavy (non-hydrogen) atoms. The largest absolute Gasteiger partial charge is 0.369 e. The van der Waals surface area contributed by atoms with Crippen molar-refractivity contribution in [3.63, 3.8) is 0 Å². The molecule has 0 aromatic carbocycles. The van der Waals surface area contributed by atoms with E-state index in [1.165, 1.54) is 83.6 Å². The summed E-state index contributed by atoms with van der Waals surface area (Å²) in [6.07, 6.45) is 17.4. The van der Waals surface area contributed by atoms with Crippen LogP contribution in [0.5, 0.6) is 0 Å². The summed E-state index contributed by atoms with van der Waals surface area (Å²) < 4.78 is 6.97. The normalized spacial score (nSPS) is 54.5. The molecule has 1 spiro atoms. The minimum Gasteiger partial charge on any atom is -0.369 e. The van der Waals surface area contributed by atoms with Crippen LogP contribution in [-0.2, 0) is 4.74 Å². The highest BCUT2D eigenvalue weighted by Crippen LogP contribution is 2.65. The molecule has 6 rings (SSSR count). The van der Waals surface area contributed by atoms with Crippen molar-refractivity contribution in [1.29, 1.82) is 0 Å². The van der Waals surface area contributed by atoms with Gasteiger partial charge in [-0.15, -0.1) is 0 Å². The van der Waals surface area contributed by atoms with E-state index in [1.807, 2.05) is 5.57 Å². The van der Waals surface area contributed by atoms with Crippen molar-refractivity contribution < 1.29 is 4.74 Å². The Hall–Kier alpha value is -0.340. The Kier molecular flexibility index (Phi) is 4.56. The van der Waals surface area contributed by atoms with Crippen molar-refractivity contribution >= 4 is 0 Å². The number of nitrogens with one attached hydrogen (secondary N) is 1. The molecular weight excluding hydrogens is 354 g/mol. The lowest BCUT2D eigenvalue weighted by molar-refractivity contribution is -0.0707. The average Bonchev–Trinajstić information content (AvgIpc) is 3.19. The molecule has 2 heterocycles. The second kappa shape index (κ2) is 6.83. The minimum atomic E-state index is 0.121. The van der Waals surface area contributed by atoms with Crippen molar-refractivity contribution in [1.82, 2.24) is 5.32 Å². The second-order valence-corrected chi connectivity index (χ2v) is 12.3. The number of allylic oxidation sites excluding steroid dienone is 1. The van der Waals surface area contributed by atoms with E-state index in [0.29, 0.717) is 23.5 Å². The van der Waals surface area contributed by atoms with Crippen LogP contribution < -0.4 is 5.32 Å². The van der Waals surface area contributed by atoms with E-state index in [-0.39, 0.29) is 5.60 Å². The molecule has 0 aromatic heterocycles. The molecule has 6 aliphatic rings. The molecule has 4 aliphatic carbocycles. The first-order valence-electron chi connectivity index (χ1n) is 13.1. The molecule has 0 radical (unpaired) electrons. The summed E-state index contributed by atoms with van der Waals surface area (Å²) in [5.41, 5.74) is 4.41. The van der Waals surface area contributed by atoms with Gasteiger partial charge in [0.1, 0.15) is 0 Å². The van der Waals surface area contributed by atoms with Crippen LogP contribution in [0.4, 0.5) is 0 Å². The third-order valence-electron chi connectivity index (χ3n) is 11.3. The molecule has 9 atom stereocenters. The summed E-state index contributed by atoms with van der Waals surface area (Å²) in [7, 11) is 0. The van der Waals surface area contributed by atoms with Gasteiger partial charge in [-0.1, -0.05) is 37.8 Å². The number of hydrogen-bond acceptors (Lipinski definition) is 2. The number of hydrogen-bond donors (Lipinski definition) is 1. The Balaban J connectivity index is 1.30. The van der Waals surface area contributed by atoms with Crippen LogP contribution in [0.3, 0.4) is 0 Å². The molecule has 162 valence electrons. The lowest BCUT2D eigenvalue weighted by Gasteiger charge is -2.52. The number of fused-ring (bicyclic) bond motifs is 6. The molecule has 2 aliphatic heterocycles. The van der Waals surface area contributed by atoms with Crippen LogP contribution >= 0.6 is 0 Å². The third kappa shape index (κ3) is 2.73. The topological polar surface area (TPSA) is 21.3 Å². The van der Waals surface area contributed by atoms with E-state index < -0.39 is 0 Å². The minimum absolute atomic E-state index is 0.121. The van der Waals surface area contributed by atoms with E-state index in [9.17, 15) is 0 Å². The van der Waals surface area contributed by atoms with E-state index in [1.54, 1.807) is 5.57 Å². The van der Waals surface area contributed by atoms with Crippen molar-refractivity contribution in [2.75, 3.05) is 6.54 Å². The van der Waals surface area contributed by atoms with Crippen LogP contribution in [0.25, 0.3) is 0 Å². The zero-order valence-electron chi connectivity index (χ0n) is 19.1. The second-order valence-electron chi connectivity index (χ2n) is 12.3. The van der Waals surface area contributed by atoms with Gasteiger partial charge in [0, 0.05) is 12.0 Å². The maximum absolute atomic E-state index is 6.97. The Morgan fingerprint density at radius 2 is 1.90 bits per heavy atom.